The van der Waals surface area contributed by atoms with Crippen LogP contribution in [-0.4, -0.2) is 7.05 Å². The second-order valence-corrected chi connectivity index (χ2v) is 5.30. The van der Waals surface area contributed by atoms with Gasteiger partial charge in [0.1, 0.15) is 11.5 Å². The van der Waals surface area contributed by atoms with E-state index in [-0.39, 0.29) is 6.04 Å². The van der Waals surface area contributed by atoms with Gasteiger partial charge in [0.15, 0.2) is 0 Å². The normalized spacial score (nSPS) is 11.7. The Morgan fingerprint density at radius 3 is 2.70 bits per heavy atom. The molecule has 0 aliphatic carbocycles. The van der Waals surface area contributed by atoms with Gasteiger partial charge in [-0.3, -0.25) is 0 Å². The summed E-state index contributed by atoms with van der Waals surface area (Å²) in [7, 11) is 1.93. The third kappa shape index (κ3) is 3.38. The van der Waals surface area contributed by atoms with Gasteiger partial charge in [-0.15, -0.1) is 0 Å². The average molecular weight is 331 g/mol. The first-order chi connectivity index (χ1) is 9.63. The number of hydrogen-bond acceptors (Lipinski definition) is 3. The summed E-state index contributed by atoms with van der Waals surface area (Å²) in [6, 6.07) is 15.5. The molecule has 20 heavy (non-hydrogen) atoms. The van der Waals surface area contributed by atoms with Gasteiger partial charge in [0.05, 0.1) is 16.1 Å². The smallest absolute Gasteiger partial charge is 0.141 e. The van der Waals surface area contributed by atoms with Gasteiger partial charge in [0.25, 0.3) is 0 Å². The lowest BCUT2D eigenvalue weighted by Gasteiger charge is -2.13. The maximum atomic E-state index is 8.89. The predicted molar refractivity (Wildman–Crippen MR) is 82.8 cm³/mol. The van der Waals surface area contributed by atoms with Crippen molar-refractivity contribution in [1.82, 2.24) is 5.32 Å². The van der Waals surface area contributed by atoms with Gasteiger partial charge >= 0.3 is 0 Å². The molecule has 0 heterocycles. The molecule has 0 aromatic heterocycles. The minimum Gasteiger partial charge on any atom is -0.456 e. The van der Waals surface area contributed by atoms with E-state index in [1.165, 1.54) is 5.56 Å². The van der Waals surface area contributed by atoms with Gasteiger partial charge in [-0.25, -0.2) is 0 Å². The summed E-state index contributed by atoms with van der Waals surface area (Å²) in [5.41, 5.74) is 1.76. The van der Waals surface area contributed by atoms with Crippen molar-refractivity contribution in [3.05, 3.63) is 58.1 Å². The van der Waals surface area contributed by atoms with Crippen molar-refractivity contribution in [2.75, 3.05) is 7.05 Å². The predicted octanol–water partition coefficient (Wildman–Crippen LogP) is 4.39. The zero-order chi connectivity index (χ0) is 14.5. The van der Waals surface area contributed by atoms with Gasteiger partial charge in [0.2, 0.25) is 0 Å². The molecule has 2 rings (SSSR count). The maximum absolute atomic E-state index is 8.89. The minimum absolute atomic E-state index is 0.280. The number of nitrogens with zero attached hydrogens (tertiary/aromatic N) is 1. The average Bonchev–Trinajstić information content (AvgIpc) is 2.48. The van der Waals surface area contributed by atoms with E-state index in [4.69, 9.17) is 10.00 Å². The third-order valence-electron chi connectivity index (χ3n) is 3.08. The number of ether oxygens (including phenoxy) is 1. The molecule has 1 atom stereocenters. The zero-order valence-corrected chi connectivity index (χ0v) is 12.9. The van der Waals surface area contributed by atoms with E-state index in [1.807, 2.05) is 31.3 Å². The van der Waals surface area contributed by atoms with Crippen LogP contribution in [-0.2, 0) is 0 Å². The highest BCUT2D eigenvalue weighted by Crippen LogP contribution is 2.32. The van der Waals surface area contributed by atoms with Crippen molar-refractivity contribution in [1.29, 1.82) is 5.26 Å². The fourth-order valence-corrected chi connectivity index (χ4v) is 2.27. The molecule has 2 aromatic carbocycles. The van der Waals surface area contributed by atoms with Gasteiger partial charge in [-0.05, 0) is 65.8 Å². The van der Waals surface area contributed by atoms with Crippen LogP contribution in [0.4, 0.5) is 0 Å². The Hall–Kier alpha value is -1.83. The Balaban J connectivity index is 2.23. The molecule has 0 spiro atoms. The molecule has 2 aromatic rings. The number of hydrogen-bond donors (Lipinski definition) is 1. The number of benzene rings is 2. The van der Waals surface area contributed by atoms with Gasteiger partial charge in [0, 0.05) is 6.04 Å². The minimum atomic E-state index is 0.280. The standard InChI is InChI=1S/C16H15BrN2O/c1-11(19-2)13-6-7-16(15(17)9-13)20-14-5-3-4-12(8-14)10-18/h3-9,11,19H,1-2H3. The van der Waals surface area contributed by atoms with Crippen LogP contribution in [0, 0.1) is 11.3 Å². The molecule has 0 saturated heterocycles. The molecule has 1 unspecified atom stereocenters. The monoisotopic (exact) mass is 330 g/mol. The van der Waals surface area contributed by atoms with Gasteiger partial charge in [-0.2, -0.15) is 5.26 Å². The van der Waals surface area contributed by atoms with Crippen molar-refractivity contribution >= 4 is 15.9 Å². The van der Waals surface area contributed by atoms with E-state index < -0.39 is 0 Å². The molecule has 3 nitrogen and oxygen atoms in total. The maximum Gasteiger partial charge on any atom is 0.141 e. The Morgan fingerprint density at radius 2 is 2.05 bits per heavy atom. The summed E-state index contributed by atoms with van der Waals surface area (Å²) < 4.78 is 6.69. The first-order valence-corrected chi connectivity index (χ1v) is 7.08. The van der Waals surface area contributed by atoms with E-state index >= 15 is 0 Å². The highest BCUT2D eigenvalue weighted by atomic mass is 79.9. The second kappa shape index (κ2) is 6.56. The lowest BCUT2D eigenvalue weighted by molar-refractivity contribution is 0.479. The molecular weight excluding hydrogens is 316 g/mol. The number of nitrogens with one attached hydrogen (secondary N) is 1. The second-order valence-electron chi connectivity index (χ2n) is 4.44. The van der Waals surface area contributed by atoms with E-state index in [9.17, 15) is 0 Å². The lowest BCUT2D eigenvalue weighted by atomic mass is 10.1. The molecule has 0 amide bonds. The summed E-state index contributed by atoms with van der Waals surface area (Å²) in [5, 5.41) is 12.1. The summed E-state index contributed by atoms with van der Waals surface area (Å²) in [6.07, 6.45) is 0. The van der Waals surface area contributed by atoms with E-state index in [0.29, 0.717) is 11.3 Å². The zero-order valence-electron chi connectivity index (χ0n) is 11.4. The third-order valence-corrected chi connectivity index (χ3v) is 3.70. The number of halogens is 1. The Bertz CT molecular complexity index is 649. The first-order valence-electron chi connectivity index (χ1n) is 6.28. The van der Waals surface area contributed by atoms with Crippen molar-refractivity contribution in [2.24, 2.45) is 0 Å². The molecule has 4 heteroatoms. The largest absolute Gasteiger partial charge is 0.456 e. The van der Waals surface area contributed by atoms with Crippen molar-refractivity contribution in [3.8, 4) is 17.6 Å². The van der Waals surface area contributed by atoms with Crippen LogP contribution >= 0.6 is 15.9 Å². The molecule has 0 radical (unpaired) electrons. The fourth-order valence-electron chi connectivity index (χ4n) is 1.79. The van der Waals surface area contributed by atoms with Gasteiger partial charge in [-0.1, -0.05) is 12.1 Å². The van der Waals surface area contributed by atoms with Crippen molar-refractivity contribution in [3.63, 3.8) is 0 Å². The molecule has 0 aliphatic heterocycles. The summed E-state index contributed by atoms with van der Waals surface area (Å²) in [6.45, 7) is 2.10. The SMILES string of the molecule is CNC(C)c1ccc(Oc2cccc(C#N)c2)c(Br)c1. The first kappa shape index (κ1) is 14.6. The highest BCUT2D eigenvalue weighted by Gasteiger charge is 2.08. The van der Waals surface area contributed by atoms with Crippen LogP contribution < -0.4 is 10.1 Å². The summed E-state index contributed by atoms with van der Waals surface area (Å²) in [4.78, 5) is 0. The van der Waals surface area contributed by atoms with Crippen LogP contribution in [0.25, 0.3) is 0 Å². The fraction of sp³-hybridized carbons (Fsp3) is 0.188. The molecule has 0 aliphatic rings. The van der Waals surface area contributed by atoms with E-state index in [2.05, 4.69) is 34.2 Å². The molecule has 0 saturated carbocycles. The van der Waals surface area contributed by atoms with Crippen LogP contribution in [0.5, 0.6) is 11.5 Å². The van der Waals surface area contributed by atoms with Crippen molar-refractivity contribution in [2.45, 2.75) is 13.0 Å². The number of rotatable bonds is 4. The molecule has 0 bridgehead atoms. The number of nitriles is 1. The van der Waals surface area contributed by atoms with Crippen LogP contribution in [0.1, 0.15) is 24.1 Å². The summed E-state index contributed by atoms with van der Waals surface area (Å²) >= 11 is 3.52. The van der Waals surface area contributed by atoms with Crippen molar-refractivity contribution < 1.29 is 4.74 Å². The van der Waals surface area contributed by atoms with E-state index in [1.54, 1.807) is 18.2 Å². The molecular formula is C16H15BrN2O. The molecule has 0 fully saturated rings. The Kier molecular flexibility index (Phi) is 4.78. The lowest BCUT2D eigenvalue weighted by Crippen LogP contribution is -2.12. The quantitative estimate of drug-likeness (QED) is 0.903. The highest BCUT2D eigenvalue weighted by molar-refractivity contribution is 9.10. The molecule has 1 N–H and O–H groups in total. The van der Waals surface area contributed by atoms with Crippen LogP contribution in [0.3, 0.4) is 0 Å². The Morgan fingerprint density at radius 1 is 1.25 bits per heavy atom. The van der Waals surface area contributed by atoms with Crippen LogP contribution in [0.2, 0.25) is 0 Å². The topological polar surface area (TPSA) is 45.0 Å². The van der Waals surface area contributed by atoms with E-state index in [0.717, 1.165) is 10.2 Å². The molecule has 102 valence electrons. The van der Waals surface area contributed by atoms with Crippen LogP contribution in [0.15, 0.2) is 46.9 Å². The van der Waals surface area contributed by atoms with Gasteiger partial charge < -0.3 is 10.1 Å². The Labute approximate surface area is 127 Å². The summed E-state index contributed by atoms with van der Waals surface area (Å²) in [5.74, 6) is 1.38.